The molecule has 1 heterocycles. The van der Waals surface area contributed by atoms with Gasteiger partial charge < -0.3 is 15.4 Å². The number of methoxy groups -OCH3 is 1. The van der Waals surface area contributed by atoms with Crippen LogP contribution < -0.4 is 15.4 Å². The van der Waals surface area contributed by atoms with E-state index in [1.807, 2.05) is 12.1 Å². The Morgan fingerprint density at radius 2 is 2.19 bits per heavy atom. The second-order valence-corrected chi connectivity index (χ2v) is 6.99. The summed E-state index contributed by atoms with van der Waals surface area (Å²) >= 11 is 6.91. The summed E-state index contributed by atoms with van der Waals surface area (Å²) in [5.74, 6) is 0.726. The fourth-order valence-corrected chi connectivity index (χ4v) is 4.03. The van der Waals surface area contributed by atoms with Crippen LogP contribution in [0.3, 0.4) is 0 Å². The van der Waals surface area contributed by atoms with Gasteiger partial charge in [-0.15, -0.1) is 0 Å². The Hall–Kier alpha value is -0.590. The van der Waals surface area contributed by atoms with Crippen molar-refractivity contribution in [3.63, 3.8) is 0 Å². The number of hydrogen-bond donors (Lipinski definition) is 2. The lowest BCUT2D eigenvalue weighted by Crippen LogP contribution is -2.50. The summed E-state index contributed by atoms with van der Waals surface area (Å²) in [6.07, 6.45) is 3.76. The van der Waals surface area contributed by atoms with Gasteiger partial charge in [0.2, 0.25) is 5.91 Å². The van der Waals surface area contributed by atoms with Crippen molar-refractivity contribution in [3.05, 3.63) is 21.1 Å². The molecule has 1 amide bonds. The number of benzene rings is 1. The van der Waals surface area contributed by atoms with E-state index in [0.29, 0.717) is 5.75 Å². The second-order valence-electron chi connectivity index (χ2n) is 5.28. The molecule has 0 spiro atoms. The highest BCUT2D eigenvalue weighted by Gasteiger charge is 2.40. The molecule has 4 nitrogen and oxygen atoms in total. The molecular weight excluding hydrogens is 400 g/mol. The summed E-state index contributed by atoms with van der Waals surface area (Å²) in [6, 6.07) is 3.70. The van der Waals surface area contributed by atoms with Gasteiger partial charge >= 0.3 is 0 Å². The number of carbonyl (C=O) groups excluding carboxylic acids is 1. The monoisotopic (exact) mass is 418 g/mol. The molecule has 1 aliphatic heterocycles. The van der Waals surface area contributed by atoms with Gasteiger partial charge in [0.15, 0.2) is 0 Å². The van der Waals surface area contributed by atoms with E-state index in [4.69, 9.17) is 4.74 Å². The van der Waals surface area contributed by atoms with Crippen LogP contribution in [0.4, 0.5) is 5.69 Å². The van der Waals surface area contributed by atoms with Crippen molar-refractivity contribution in [1.82, 2.24) is 5.32 Å². The molecule has 1 saturated heterocycles. The highest BCUT2D eigenvalue weighted by atomic mass is 79.9. The SMILES string of the molecule is CCCC1(C(=O)Nc2cc(OC)c(Br)cc2Br)CCCN1. The van der Waals surface area contributed by atoms with Gasteiger partial charge in [-0.1, -0.05) is 13.3 Å². The molecule has 0 radical (unpaired) electrons. The number of carbonyl (C=O) groups is 1. The number of amides is 1. The summed E-state index contributed by atoms with van der Waals surface area (Å²) in [5.41, 5.74) is 0.290. The molecule has 1 aliphatic rings. The summed E-state index contributed by atoms with van der Waals surface area (Å²) in [4.78, 5) is 12.7. The molecule has 1 atom stereocenters. The molecular formula is C15H20Br2N2O2. The molecule has 2 rings (SSSR count). The van der Waals surface area contributed by atoms with E-state index in [-0.39, 0.29) is 5.91 Å². The Bertz CT molecular complexity index is 529. The first kappa shape index (κ1) is 16.8. The third kappa shape index (κ3) is 3.60. The molecule has 0 aromatic heterocycles. The van der Waals surface area contributed by atoms with Gasteiger partial charge in [0.1, 0.15) is 5.75 Å². The predicted octanol–water partition coefficient (Wildman–Crippen LogP) is 4.08. The Labute approximate surface area is 142 Å². The molecule has 1 unspecified atom stereocenters. The molecule has 0 bridgehead atoms. The maximum absolute atomic E-state index is 12.7. The Morgan fingerprint density at radius 3 is 2.76 bits per heavy atom. The van der Waals surface area contributed by atoms with Gasteiger partial charge in [-0.2, -0.15) is 0 Å². The zero-order valence-corrected chi connectivity index (χ0v) is 15.4. The van der Waals surface area contributed by atoms with Crippen molar-refractivity contribution in [2.45, 2.75) is 38.1 Å². The number of anilines is 1. The van der Waals surface area contributed by atoms with E-state index in [9.17, 15) is 4.79 Å². The van der Waals surface area contributed by atoms with Gasteiger partial charge in [-0.3, -0.25) is 4.79 Å². The van der Waals surface area contributed by atoms with Crippen LogP contribution in [0.2, 0.25) is 0 Å². The lowest BCUT2D eigenvalue weighted by Gasteiger charge is -2.28. The number of rotatable bonds is 5. The fourth-order valence-electron chi connectivity index (χ4n) is 2.78. The Morgan fingerprint density at radius 1 is 1.43 bits per heavy atom. The van der Waals surface area contributed by atoms with Crippen molar-refractivity contribution in [3.8, 4) is 5.75 Å². The number of nitrogens with one attached hydrogen (secondary N) is 2. The van der Waals surface area contributed by atoms with Crippen LogP contribution >= 0.6 is 31.9 Å². The molecule has 0 aliphatic carbocycles. The van der Waals surface area contributed by atoms with Crippen LogP contribution in [-0.4, -0.2) is 25.1 Å². The topological polar surface area (TPSA) is 50.4 Å². The van der Waals surface area contributed by atoms with Crippen molar-refractivity contribution in [2.75, 3.05) is 19.0 Å². The summed E-state index contributed by atoms with van der Waals surface area (Å²) in [5, 5.41) is 6.41. The quantitative estimate of drug-likeness (QED) is 0.755. The Kier molecular flexibility index (Phi) is 5.68. The molecule has 6 heteroatoms. The van der Waals surface area contributed by atoms with Crippen LogP contribution in [0.1, 0.15) is 32.6 Å². The van der Waals surface area contributed by atoms with Gasteiger partial charge in [0, 0.05) is 10.5 Å². The second kappa shape index (κ2) is 7.11. The zero-order chi connectivity index (χ0) is 15.5. The van der Waals surface area contributed by atoms with Crippen LogP contribution in [0.15, 0.2) is 21.1 Å². The fraction of sp³-hybridized carbons (Fsp3) is 0.533. The summed E-state index contributed by atoms with van der Waals surface area (Å²) in [6.45, 7) is 3.01. The Balaban J connectivity index is 2.22. The maximum atomic E-state index is 12.7. The zero-order valence-electron chi connectivity index (χ0n) is 12.3. The minimum absolute atomic E-state index is 0.0342. The van der Waals surface area contributed by atoms with Crippen LogP contribution in [0, 0.1) is 0 Å². The van der Waals surface area contributed by atoms with E-state index in [1.165, 1.54) is 0 Å². The standard InChI is InChI=1S/C15H20Br2N2O2/c1-3-5-15(6-4-7-18-15)14(20)19-12-9-13(21-2)11(17)8-10(12)16/h8-9,18H,3-7H2,1-2H3,(H,19,20). The number of hydrogen-bond acceptors (Lipinski definition) is 3. The van der Waals surface area contributed by atoms with E-state index in [2.05, 4.69) is 49.4 Å². The van der Waals surface area contributed by atoms with Crippen LogP contribution in [0.25, 0.3) is 0 Å². The average Bonchev–Trinajstić information content (AvgIpc) is 2.92. The molecule has 1 aromatic carbocycles. The van der Waals surface area contributed by atoms with Crippen molar-refractivity contribution >= 4 is 43.5 Å². The molecule has 2 N–H and O–H groups in total. The van der Waals surface area contributed by atoms with Crippen molar-refractivity contribution in [1.29, 1.82) is 0 Å². The number of halogens is 2. The minimum Gasteiger partial charge on any atom is -0.495 e. The van der Waals surface area contributed by atoms with Gasteiger partial charge in [0.25, 0.3) is 0 Å². The highest BCUT2D eigenvalue weighted by Crippen LogP contribution is 2.35. The van der Waals surface area contributed by atoms with E-state index in [1.54, 1.807) is 7.11 Å². The van der Waals surface area contributed by atoms with Crippen molar-refractivity contribution in [2.24, 2.45) is 0 Å². The van der Waals surface area contributed by atoms with Gasteiger partial charge in [-0.25, -0.2) is 0 Å². The highest BCUT2D eigenvalue weighted by molar-refractivity contribution is 9.11. The van der Waals surface area contributed by atoms with Crippen LogP contribution in [-0.2, 0) is 4.79 Å². The minimum atomic E-state index is -0.436. The molecule has 116 valence electrons. The van der Waals surface area contributed by atoms with E-state index in [0.717, 1.165) is 46.9 Å². The maximum Gasteiger partial charge on any atom is 0.244 e. The van der Waals surface area contributed by atoms with E-state index >= 15 is 0 Å². The van der Waals surface area contributed by atoms with E-state index < -0.39 is 5.54 Å². The molecule has 1 aromatic rings. The molecule has 21 heavy (non-hydrogen) atoms. The molecule has 1 fully saturated rings. The summed E-state index contributed by atoms with van der Waals surface area (Å²) in [7, 11) is 1.61. The smallest absolute Gasteiger partial charge is 0.244 e. The lowest BCUT2D eigenvalue weighted by atomic mass is 9.91. The largest absolute Gasteiger partial charge is 0.495 e. The molecule has 0 saturated carbocycles. The lowest BCUT2D eigenvalue weighted by molar-refractivity contribution is -0.122. The van der Waals surface area contributed by atoms with Gasteiger partial charge in [0.05, 0.1) is 22.8 Å². The first-order chi connectivity index (χ1) is 10.0. The first-order valence-corrected chi connectivity index (χ1v) is 8.70. The summed E-state index contributed by atoms with van der Waals surface area (Å²) < 4.78 is 6.96. The van der Waals surface area contributed by atoms with Crippen molar-refractivity contribution < 1.29 is 9.53 Å². The van der Waals surface area contributed by atoms with Gasteiger partial charge in [-0.05, 0) is 63.7 Å². The normalized spacial score (nSPS) is 21.3. The predicted molar refractivity (Wildman–Crippen MR) is 91.9 cm³/mol. The third-order valence-corrected chi connectivity index (χ3v) is 5.12. The number of ether oxygens (including phenoxy) is 1. The first-order valence-electron chi connectivity index (χ1n) is 7.12. The average molecular weight is 420 g/mol. The third-order valence-electron chi connectivity index (χ3n) is 3.84. The van der Waals surface area contributed by atoms with Crippen LogP contribution in [0.5, 0.6) is 5.75 Å².